The van der Waals surface area contributed by atoms with Crippen molar-refractivity contribution in [1.29, 1.82) is 0 Å². The minimum Gasteiger partial charge on any atom is -0.489 e. The van der Waals surface area contributed by atoms with Crippen molar-refractivity contribution < 1.29 is 4.74 Å². The standard InChI is InChI=1S/C18H22O/c1-4-15-8-10-18(11-9-15)19-13-17-12-16(5-2)7-6-14(17)3/h6-12H,4-5,13H2,1-3H3. The Labute approximate surface area is 116 Å². The summed E-state index contributed by atoms with van der Waals surface area (Å²) >= 11 is 0. The molecule has 100 valence electrons. The van der Waals surface area contributed by atoms with E-state index in [0.29, 0.717) is 6.61 Å². The van der Waals surface area contributed by atoms with Gasteiger partial charge in [0.05, 0.1) is 0 Å². The van der Waals surface area contributed by atoms with Crippen LogP contribution in [0, 0.1) is 6.92 Å². The molecule has 0 aromatic heterocycles. The van der Waals surface area contributed by atoms with Gasteiger partial charge in [0.25, 0.3) is 0 Å². The maximum atomic E-state index is 5.87. The number of ether oxygens (including phenoxy) is 1. The summed E-state index contributed by atoms with van der Waals surface area (Å²) in [7, 11) is 0. The minimum atomic E-state index is 0.644. The van der Waals surface area contributed by atoms with Crippen LogP contribution in [0.15, 0.2) is 42.5 Å². The maximum absolute atomic E-state index is 5.87. The zero-order chi connectivity index (χ0) is 13.7. The van der Waals surface area contributed by atoms with Gasteiger partial charge in [-0.15, -0.1) is 0 Å². The van der Waals surface area contributed by atoms with Gasteiger partial charge < -0.3 is 4.74 Å². The third-order valence-electron chi connectivity index (χ3n) is 3.55. The second-order valence-electron chi connectivity index (χ2n) is 4.90. The molecule has 2 aromatic carbocycles. The van der Waals surface area contributed by atoms with Crippen LogP contribution in [0.25, 0.3) is 0 Å². The summed E-state index contributed by atoms with van der Waals surface area (Å²) in [5.74, 6) is 0.943. The Balaban J connectivity index is 2.05. The first-order valence-electron chi connectivity index (χ1n) is 7.03. The van der Waals surface area contributed by atoms with Crippen LogP contribution in [0.1, 0.15) is 36.1 Å². The van der Waals surface area contributed by atoms with Gasteiger partial charge in [0, 0.05) is 0 Å². The third-order valence-corrected chi connectivity index (χ3v) is 3.55. The number of aryl methyl sites for hydroxylation is 3. The Morgan fingerprint density at radius 3 is 2.11 bits per heavy atom. The molecule has 2 aromatic rings. The highest BCUT2D eigenvalue weighted by atomic mass is 16.5. The van der Waals surface area contributed by atoms with Crippen LogP contribution in [0.3, 0.4) is 0 Å². The van der Waals surface area contributed by atoms with Crippen LogP contribution < -0.4 is 4.74 Å². The fraction of sp³-hybridized carbons (Fsp3) is 0.333. The Bertz CT molecular complexity index is 526. The van der Waals surface area contributed by atoms with Gasteiger partial charge in [-0.05, 0) is 54.2 Å². The monoisotopic (exact) mass is 254 g/mol. The molecule has 0 unspecified atom stereocenters. The van der Waals surface area contributed by atoms with Gasteiger partial charge >= 0.3 is 0 Å². The van der Waals surface area contributed by atoms with Crippen LogP contribution in [0.4, 0.5) is 0 Å². The van der Waals surface area contributed by atoms with E-state index in [4.69, 9.17) is 4.74 Å². The van der Waals surface area contributed by atoms with Crippen LogP contribution in [-0.2, 0) is 19.4 Å². The van der Waals surface area contributed by atoms with Gasteiger partial charge in [0.1, 0.15) is 12.4 Å². The van der Waals surface area contributed by atoms with Gasteiger partial charge in [0.2, 0.25) is 0 Å². The first kappa shape index (κ1) is 13.7. The zero-order valence-corrected chi connectivity index (χ0v) is 12.1. The van der Waals surface area contributed by atoms with Gasteiger partial charge in [-0.25, -0.2) is 0 Å². The van der Waals surface area contributed by atoms with E-state index in [1.807, 2.05) is 0 Å². The molecule has 2 rings (SSSR count). The number of hydrogen-bond donors (Lipinski definition) is 0. The Hall–Kier alpha value is -1.76. The molecule has 0 aliphatic rings. The van der Waals surface area contributed by atoms with E-state index in [1.54, 1.807) is 0 Å². The molecule has 0 fully saturated rings. The van der Waals surface area contributed by atoms with E-state index in [1.165, 1.54) is 22.3 Å². The Morgan fingerprint density at radius 1 is 0.842 bits per heavy atom. The van der Waals surface area contributed by atoms with Crippen LogP contribution in [-0.4, -0.2) is 0 Å². The molecule has 0 bridgehead atoms. The van der Waals surface area contributed by atoms with E-state index in [-0.39, 0.29) is 0 Å². The van der Waals surface area contributed by atoms with Crippen molar-refractivity contribution in [2.24, 2.45) is 0 Å². The summed E-state index contributed by atoms with van der Waals surface area (Å²) in [6.07, 6.45) is 2.14. The van der Waals surface area contributed by atoms with Crippen molar-refractivity contribution >= 4 is 0 Å². The summed E-state index contributed by atoms with van der Waals surface area (Å²) in [5, 5.41) is 0. The molecule has 1 heteroatoms. The second-order valence-corrected chi connectivity index (χ2v) is 4.90. The fourth-order valence-corrected chi connectivity index (χ4v) is 2.08. The van der Waals surface area contributed by atoms with E-state index in [9.17, 15) is 0 Å². The summed E-state index contributed by atoms with van der Waals surface area (Å²) in [6.45, 7) is 7.12. The van der Waals surface area contributed by atoms with E-state index in [0.717, 1.165) is 18.6 Å². The molecule has 0 radical (unpaired) electrons. The number of rotatable bonds is 5. The van der Waals surface area contributed by atoms with Crippen molar-refractivity contribution in [1.82, 2.24) is 0 Å². The van der Waals surface area contributed by atoms with Crippen molar-refractivity contribution in [3.8, 4) is 5.75 Å². The fourth-order valence-electron chi connectivity index (χ4n) is 2.08. The van der Waals surface area contributed by atoms with Gasteiger partial charge in [0.15, 0.2) is 0 Å². The average molecular weight is 254 g/mol. The van der Waals surface area contributed by atoms with Crippen molar-refractivity contribution in [3.63, 3.8) is 0 Å². The van der Waals surface area contributed by atoms with Crippen LogP contribution in [0.5, 0.6) is 5.75 Å². The molecule has 0 aliphatic heterocycles. The molecular weight excluding hydrogens is 232 g/mol. The highest BCUT2D eigenvalue weighted by Crippen LogP contribution is 2.17. The lowest BCUT2D eigenvalue weighted by atomic mass is 10.0. The summed E-state index contributed by atoms with van der Waals surface area (Å²) in [6, 6.07) is 15.0. The summed E-state index contributed by atoms with van der Waals surface area (Å²) in [4.78, 5) is 0. The Kier molecular flexibility index (Phi) is 4.62. The molecular formula is C18H22O. The Morgan fingerprint density at radius 2 is 1.47 bits per heavy atom. The topological polar surface area (TPSA) is 9.23 Å². The van der Waals surface area contributed by atoms with Gasteiger partial charge in [-0.3, -0.25) is 0 Å². The first-order chi connectivity index (χ1) is 9.22. The second kappa shape index (κ2) is 6.42. The number of hydrogen-bond acceptors (Lipinski definition) is 1. The molecule has 0 saturated heterocycles. The third kappa shape index (κ3) is 3.60. The molecule has 1 nitrogen and oxygen atoms in total. The lowest BCUT2D eigenvalue weighted by Gasteiger charge is -2.10. The molecule has 0 N–H and O–H groups in total. The van der Waals surface area contributed by atoms with Crippen molar-refractivity contribution in [2.75, 3.05) is 0 Å². The molecule has 0 saturated carbocycles. The summed E-state index contributed by atoms with van der Waals surface area (Å²) < 4.78 is 5.87. The molecule has 19 heavy (non-hydrogen) atoms. The quantitative estimate of drug-likeness (QED) is 0.751. The largest absolute Gasteiger partial charge is 0.489 e. The van der Waals surface area contributed by atoms with Crippen molar-refractivity contribution in [2.45, 2.75) is 40.2 Å². The molecule has 0 amide bonds. The molecule has 0 atom stereocenters. The number of benzene rings is 2. The first-order valence-corrected chi connectivity index (χ1v) is 7.03. The highest BCUT2D eigenvalue weighted by Gasteiger charge is 2.01. The SMILES string of the molecule is CCc1ccc(OCc2cc(CC)ccc2C)cc1. The maximum Gasteiger partial charge on any atom is 0.119 e. The molecule has 0 spiro atoms. The van der Waals surface area contributed by atoms with E-state index >= 15 is 0 Å². The van der Waals surface area contributed by atoms with Gasteiger partial charge in [-0.2, -0.15) is 0 Å². The normalized spacial score (nSPS) is 10.5. The smallest absolute Gasteiger partial charge is 0.119 e. The highest BCUT2D eigenvalue weighted by molar-refractivity contribution is 5.32. The average Bonchev–Trinajstić information content (AvgIpc) is 2.47. The molecule has 0 heterocycles. The minimum absolute atomic E-state index is 0.644. The lowest BCUT2D eigenvalue weighted by Crippen LogP contribution is -1.99. The van der Waals surface area contributed by atoms with Crippen LogP contribution >= 0.6 is 0 Å². The van der Waals surface area contributed by atoms with Gasteiger partial charge in [-0.1, -0.05) is 44.2 Å². The zero-order valence-electron chi connectivity index (χ0n) is 12.1. The van der Waals surface area contributed by atoms with Crippen LogP contribution in [0.2, 0.25) is 0 Å². The van der Waals surface area contributed by atoms with Crippen molar-refractivity contribution in [3.05, 3.63) is 64.7 Å². The summed E-state index contributed by atoms with van der Waals surface area (Å²) in [5.41, 5.74) is 5.28. The predicted octanol–water partition coefficient (Wildman–Crippen LogP) is 4.70. The molecule has 0 aliphatic carbocycles. The van der Waals surface area contributed by atoms with E-state index < -0.39 is 0 Å². The van der Waals surface area contributed by atoms with E-state index in [2.05, 4.69) is 63.2 Å². The lowest BCUT2D eigenvalue weighted by molar-refractivity contribution is 0.305. The predicted molar refractivity (Wildman–Crippen MR) is 80.7 cm³/mol.